The lowest BCUT2D eigenvalue weighted by atomic mass is 10.2. The van der Waals surface area contributed by atoms with Crippen molar-refractivity contribution in [2.24, 2.45) is 0 Å². The molecule has 0 saturated carbocycles. The van der Waals surface area contributed by atoms with Gasteiger partial charge in [-0.15, -0.1) is 0 Å². The Balaban J connectivity index is 1.66. The van der Waals surface area contributed by atoms with Crippen molar-refractivity contribution in [2.45, 2.75) is 12.5 Å². The Hall–Kier alpha value is -0.880. The number of amides is 1. The van der Waals surface area contributed by atoms with E-state index in [9.17, 15) is 4.79 Å². The van der Waals surface area contributed by atoms with E-state index in [1.807, 2.05) is 4.90 Å². The molecule has 3 heterocycles. The topological polar surface area (TPSA) is 45.7 Å². The van der Waals surface area contributed by atoms with Crippen LogP contribution < -0.4 is 0 Å². The van der Waals surface area contributed by atoms with Crippen LogP contribution >= 0.6 is 23.2 Å². The van der Waals surface area contributed by atoms with Crippen molar-refractivity contribution in [3.63, 3.8) is 0 Å². The van der Waals surface area contributed by atoms with E-state index >= 15 is 0 Å². The third-order valence-corrected chi connectivity index (χ3v) is 4.56. The van der Waals surface area contributed by atoms with Crippen molar-refractivity contribution in [1.82, 2.24) is 14.8 Å². The average molecular weight is 330 g/mol. The van der Waals surface area contributed by atoms with Crippen molar-refractivity contribution in [3.05, 3.63) is 28.0 Å². The number of pyridine rings is 1. The van der Waals surface area contributed by atoms with Gasteiger partial charge < -0.3 is 9.64 Å². The fourth-order valence-electron chi connectivity index (χ4n) is 2.91. The number of morpholine rings is 1. The van der Waals surface area contributed by atoms with E-state index in [1.54, 1.807) is 12.1 Å². The van der Waals surface area contributed by atoms with Gasteiger partial charge in [-0.05, 0) is 18.6 Å². The highest BCUT2D eigenvalue weighted by molar-refractivity contribution is 6.34. The number of likely N-dealkylation sites (tertiary alicyclic amines) is 1. The molecule has 2 saturated heterocycles. The van der Waals surface area contributed by atoms with Crippen LogP contribution in [0, 0.1) is 0 Å². The van der Waals surface area contributed by atoms with E-state index in [2.05, 4.69) is 9.88 Å². The number of carbonyl (C=O) groups excluding carboxylic acids is 1. The number of ether oxygens (including phenoxy) is 1. The first-order valence-corrected chi connectivity index (χ1v) is 7.84. The van der Waals surface area contributed by atoms with Crippen LogP contribution in [0.4, 0.5) is 0 Å². The number of aromatic nitrogens is 1. The van der Waals surface area contributed by atoms with Gasteiger partial charge >= 0.3 is 0 Å². The lowest BCUT2D eigenvalue weighted by Crippen LogP contribution is -2.45. The molecule has 1 unspecified atom stereocenters. The zero-order valence-corrected chi connectivity index (χ0v) is 13.1. The summed E-state index contributed by atoms with van der Waals surface area (Å²) in [5.41, 5.74) is 0.420. The summed E-state index contributed by atoms with van der Waals surface area (Å²) in [5.74, 6) is -0.0695. The van der Waals surface area contributed by atoms with Gasteiger partial charge in [0.05, 0.1) is 18.8 Å². The molecule has 0 aliphatic carbocycles. The minimum atomic E-state index is -0.0695. The number of hydrogen-bond acceptors (Lipinski definition) is 4. The number of hydrogen-bond donors (Lipinski definition) is 0. The molecule has 0 bridgehead atoms. The summed E-state index contributed by atoms with van der Waals surface area (Å²) in [6, 6.07) is 3.65. The number of rotatable bonds is 2. The molecule has 0 spiro atoms. The fourth-order valence-corrected chi connectivity index (χ4v) is 3.33. The molecule has 21 heavy (non-hydrogen) atoms. The van der Waals surface area contributed by atoms with E-state index in [4.69, 9.17) is 27.9 Å². The van der Waals surface area contributed by atoms with E-state index in [1.165, 1.54) is 0 Å². The van der Waals surface area contributed by atoms with Crippen LogP contribution in [0.1, 0.15) is 16.8 Å². The van der Waals surface area contributed by atoms with E-state index < -0.39 is 0 Å². The molecule has 1 aromatic heterocycles. The van der Waals surface area contributed by atoms with Crippen LogP contribution in [-0.2, 0) is 4.74 Å². The maximum Gasteiger partial charge on any atom is 0.257 e. The predicted octanol–water partition coefficient (Wildman–Crippen LogP) is 1.94. The SMILES string of the molecule is O=C(c1ccc(Cl)nc1Cl)N1CCC(N2CCOCC2)C1. The minimum Gasteiger partial charge on any atom is -0.379 e. The van der Waals surface area contributed by atoms with Crippen LogP contribution in [-0.4, -0.2) is 66.1 Å². The van der Waals surface area contributed by atoms with Crippen LogP contribution in [0.25, 0.3) is 0 Å². The average Bonchev–Trinajstić information content (AvgIpc) is 2.97. The highest BCUT2D eigenvalue weighted by Gasteiger charge is 2.32. The Morgan fingerprint density at radius 2 is 2.00 bits per heavy atom. The van der Waals surface area contributed by atoms with Crippen LogP contribution in [0.5, 0.6) is 0 Å². The highest BCUT2D eigenvalue weighted by Crippen LogP contribution is 2.23. The van der Waals surface area contributed by atoms with Crippen molar-refractivity contribution in [2.75, 3.05) is 39.4 Å². The van der Waals surface area contributed by atoms with Gasteiger partial charge in [0.15, 0.2) is 0 Å². The third kappa shape index (κ3) is 3.31. The summed E-state index contributed by atoms with van der Waals surface area (Å²) in [6.07, 6.45) is 0.990. The van der Waals surface area contributed by atoms with Crippen molar-refractivity contribution in [3.8, 4) is 0 Å². The van der Waals surface area contributed by atoms with E-state index in [0.29, 0.717) is 16.8 Å². The fraction of sp³-hybridized carbons (Fsp3) is 0.571. The highest BCUT2D eigenvalue weighted by atomic mass is 35.5. The minimum absolute atomic E-state index is 0.0695. The summed E-state index contributed by atoms with van der Waals surface area (Å²) in [4.78, 5) is 20.7. The molecule has 0 N–H and O–H groups in total. The molecule has 7 heteroatoms. The van der Waals surface area contributed by atoms with Crippen molar-refractivity contribution < 1.29 is 9.53 Å². The number of halogens is 2. The number of carbonyl (C=O) groups is 1. The third-order valence-electron chi connectivity index (χ3n) is 4.06. The van der Waals surface area contributed by atoms with Gasteiger partial charge in [-0.2, -0.15) is 0 Å². The predicted molar refractivity (Wildman–Crippen MR) is 81.0 cm³/mol. The Labute approximate surface area is 133 Å². The van der Waals surface area contributed by atoms with E-state index in [0.717, 1.165) is 45.8 Å². The molecule has 1 amide bonds. The second-order valence-electron chi connectivity index (χ2n) is 5.31. The molecule has 114 valence electrons. The summed E-state index contributed by atoms with van der Waals surface area (Å²) in [6.45, 7) is 4.91. The van der Waals surface area contributed by atoms with Crippen LogP contribution in [0.2, 0.25) is 10.3 Å². The van der Waals surface area contributed by atoms with Gasteiger partial charge in [-0.3, -0.25) is 9.69 Å². The zero-order valence-electron chi connectivity index (χ0n) is 11.6. The Bertz CT molecular complexity index is 535. The van der Waals surface area contributed by atoms with Crippen molar-refractivity contribution >= 4 is 29.1 Å². The largest absolute Gasteiger partial charge is 0.379 e. The summed E-state index contributed by atoms with van der Waals surface area (Å²) < 4.78 is 5.37. The quantitative estimate of drug-likeness (QED) is 0.778. The molecule has 0 aromatic carbocycles. The molecule has 2 fully saturated rings. The second kappa shape index (κ2) is 6.48. The van der Waals surface area contributed by atoms with Crippen LogP contribution in [0.3, 0.4) is 0 Å². The lowest BCUT2D eigenvalue weighted by molar-refractivity contribution is 0.0185. The Morgan fingerprint density at radius 1 is 1.24 bits per heavy atom. The first-order chi connectivity index (χ1) is 10.1. The summed E-state index contributed by atoms with van der Waals surface area (Å²) in [7, 11) is 0. The van der Waals surface area contributed by atoms with Gasteiger partial charge in [0, 0.05) is 32.2 Å². The van der Waals surface area contributed by atoms with Gasteiger partial charge in [-0.1, -0.05) is 23.2 Å². The molecule has 2 aliphatic heterocycles. The van der Waals surface area contributed by atoms with Gasteiger partial charge in [0.25, 0.3) is 5.91 Å². The zero-order chi connectivity index (χ0) is 14.8. The lowest BCUT2D eigenvalue weighted by Gasteiger charge is -2.32. The van der Waals surface area contributed by atoms with Gasteiger partial charge in [-0.25, -0.2) is 4.98 Å². The molecule has 1 atom stereocenters. The van der Waals surface area contributed by atoms with Gasteiger partial charge in [0.2, 0.25) is 0 Å². The first kappa shape index (κ1) is 15.0. The Kier molecular flexibility index (Phi) is 4.64. The molecule has 5 nitrogen and oxygen atoms in total. The normalized spacial score (nSPS) is 23.5. The molecule has 1 aromatic rings. The first-order valence-electron chi connectivity index (χ1n) is 7.08. The van der Waals surface area contributed by atoms with Gasteiger partial charge in [0.1, 0.15) is 10.3 Å². The standard InChI is InChI=1S/C14H17Cl2N3O2/c15-12-2-1-11(13(16)17-12)14(20)19-4-3-10(9-19)18-5-7-21-8-6-18/h1-2,10H,3-9H2. The number of nitrogens with zero attached hydrogens (tertiary/aromatic N) is 3. The maximum atomic E-state index is 12.5. The van der Waals surface area contributed by atoms with Crippen molar-refractivity contribution in [1.29, 1.82) is 0 Å². The smallest absolute Gasteiger partial charge is 0.257 e. The molecular weight excluding hydrogens is 313 g/mol. The molecule has 2 aliphatic rings. The monoisotopic (exact) mass is 329 g/mol. The van der Waals surface area contributed by atoms with Crippen LogP contribution in [0.15, 0.2) is 12.1 Å². The summed E-state index contributed by atoms with van der Waals surface area (Å²) in [5, 5.41) is 0.464. The van der Waals surface area contributed by atoms with E-state index in [-0.39, 0.29) is 11.1 Å². The maximum absolute atomic E-state index is 12.5. The summed E-state index contributed by atoms with van der Waals surface area (Å²) >= 11 is 11.8. The second-order valence-corrected chi connectivity index (χ2v) is 6.06. The Morgan fingerprint density at radius 3 is 2.71 bits per heavy atom. The molecule has 3 rings (SSSR count). The molecular formula is C14H17Cl2N3O2. The molecule has 0 radical (unpaired) electrons.